The minimum Gasteiger partial charge on any atom is -0.370 e. The number of nitrogens with one attached hydrogen (secondary N) is 6. The average Bonchev–Trinajstić information content (AvgIpc) is 1.07. The molecule has 0 bridgehead atoms. The Balaban J connectivity index is 1.14. The van der Waals surface area contributed by atoms with Crippen molar-refractivity contribution in [2.45, 2.75) is 190 Å². The molecule has 0 unspecified atom stereocenters. The van der Waals surface area contributed by atoms with Gasteiger partial charge in [-0.15, -0.1) is 23.2 Å². The third-order valence-corrected chi connectivity index (χ3v) is 15.9. The van der Waals surface area contributed by atoms with Gasteiger partial charge in [0.05, 0.1) is 23.8 Å². The second-order valence-corrected chi connectivity index (χ2v) is 23.7. The zero-order valence-corrected chi connectivity index (χ0v) is 55.5. The molecule has 20 nitrogen and oxygen atoms in total. The molecule has 4 rings (SSSR count). The Morgan fingerprint density at radius 1 is 0.351 bits per heavy atom. The van der Waals surface area contributed by atoms with Crippen LogP contribution in [0.3, 0.4) is 0 Å². The Hall–Kier alpha value is -8.72. The Morgan fingerprint density at radius 3 is 0.904 bits per heavy atom. The van der Waals surface area contributed by atoms with Crippen molar-refractivity contribution in [3.05, 3.63) is 144 Å². The maximum Gasteiger partial charge on any atom is 0.243 e. The van der Waals surface area contributed by atoms with Crippen LogP contribution in [0.25, 0.3) is 0 Å². The second kappa shape index (κ2) is 47.2. The molecule has 0 saturated carbocycles. The van der Waals surface area contributed by atoms with Gasteiger partial charge in [0.15, 0.2) is 23.5 Å². The highest BCUT2D eigenvalue weighted by Gasteiger charge is 2.32. The molecule has 0 aliphatic heterocycles. The first-order valence-corrected chi connectivity index (χ1v) is 33.8. The standard InChI is InChI=1S/C72H96Cl2N12O8/c73-51-63(87)57(41-31-45-79-71(75)76)83-69(93)61(49-55-37-25-19-26-38-55)85-67(91)59(47-53-33-21-17-22-34-53)81-65(89)43-29-15-13-11-9-7-5-3-1-2-4-6-8-10-12-14-16-30-44-66(90)82-60(48-54-35-23-18-24-36-54)68(92)86-62(50-56-39-27-20-28-40-56)70(94)84-58(64(88)52-74)42-32-46-80-72(77)78/h17-28,33-40,57-62H,5-16,29-32,41-52H2,(H,81,89)(H,82,90)(H,83,93)(H,84,94)(H,85,91)(H,86,92)(H4,75,76,79)(H4,77,78,80)/t57-,58-,59-,60-,61-,62-/m0/s1. The number of alkyl halides is 2. The van der Waals surface area contributed by atoms with E-state index in [9.17, 15) is 38.4 Å². The van der Waals surface area contributed by atoms with E-state index in [1.807, 2.05) is 121 Å². The van der Waals surface area contributed by atoms with E-state index in [4.69, 9.17) is 46.1 Å². The largest absolute Gasteiger partial charge is 0.370 e. The van der Waals surface area contributed by atoms with Gasteiger partial charge in [-0.3, -0.25) is 48.3 Å². The molecule has 0 aromatic heterocycles. The third-order valence-electron chi connectivity index (χ3n) is 15.4. The van der Waals surface area contributed by atoms with Crippen molar-refractivity contribution in [1.29, 1.82) is 0 Å². The van der Waals surface area contributed by atoms with Crippen LogP contribution in [0.5, 0.6) is 0 Å². The molecule has 0 aliphatic carbocycles. The predicted octanol–water partition coefficient (Wildman–Crippen LogP) is 6.84. The molecule has 22 heteroatoms. The Kier molecular flexibility index (Phi) is 39.0. The van der Waals surface area contributed by atoms with E-state index >= 15 is 0 Å². The number of benzene rings is 4. The van der Waals surface area contributed by atoms with Gasteiger partial charge in [-0.05, 0) is 85.5 Å². The lowest BCUT2D eigenvalue weighted by molar-refractivity contribution is -0.133. The van der Waals surface area contributed by atoms with E-state index in [1.54, 1.807) is 0 Å². The van der Waals surface area contributed by atoms with Gasteiger partial charge in [-0.25, -0.2) is 0 Å². The fourth-order valence-electron chi connectivity index (χ4n) is 10.3. The topological polar surface area (TPSA) is 338 Å². The number of aliphatic imine (C=N–C) groups is 2. The minimum absolute atomic E-state index is 0.0835. The number of hydrogen-bond acceptors (Lipinski definition) is 10. The number of halogens is 2. The highest BCUT2D eigenvalue weighted by molar-refractivity contribution is 6.29. The number of Topliss-reactive ketones (excluding diaryl/α,β-unsaturated/α-hetero) is 2. The number of amides is 6. The molecule has 0 saturated heterocycles. The Morgan fingerprint density at radius 2 is 0.617 bits per heavy atom. The summed E-state index contributed by atoms with van der Waals surface area (Å²) in [5, 5.41) is 17.2. The molecular weight excluding hydrogens is 1230 g/mol. The number of guanidine groups is 2. The summed E-state index contributed by atoms with van der Waals surface area (Å²) in [7, 11) is 0. The summed E-state index contributed by atoms with van der Waals surface area (Å²) < 4.78 is 0. The average molecular weight is 1330 g/mol. The fraction of sp³-hybridized carbons (Fsp3) is 0.472. The summed E-state index contributed by atoms with van der Waals surface area (Å²) in [6, 6.07) is 31.1. The number of carbonyl (C=O) groups excluding carboxylic acids is 8. The van der Waals surface area contributed by atoms with Crippen LogP contribution in [0.4, 0.5) is 0 Å². The lowest BCUT2D eigenvalue weighted by Gasteiger charge is -2.25. The van der Waals surface area contributed by atoms with Crippen LogP contribution in [-0.2, 0) is 64.0 Å². The van der Waals surface area contributed by atoms with Crippen molar-refractivity contribution in [1.82, 2.24) is 31.9 Å². The van der Waals surface area contributed by atoms with E-state index in [-0.39, 0.29) is 112 Å². The van der Waals surface area contributed by atoms with E-state index < -0.39 is 59.9 Å². The molecule has 0 fully saturated rings. The number of unbranched alkanes of at least 4 members (excludes halogenated alkanes) is 12. The van der Waals surface area contributed by atoms with Crippen molar-refractivity contribution in [2.75, 3.05) is 24.8 Å². The summed E-state index contributed by atoms with van der Waals surface area (Å²) >= 11 is 11.8. The van der Waals surface area contributed by atoms with Crippen LogP contribution in [0.15, 0.2) is 131 Å². The molecule has 6 amide bonds. The smallest absolute Gasteiger partial charge is 0.243 e. The van der Waals surface area contributed by atoms with Gasteiger partial charge in [0, 0.05) is 64.5 Å². The van der Waals surface area contributed by atoms with E-state index in [0.717, 1.165) is 99.3 Å². The zero-order valence-electron chi connectivity index (χ0n) is 54.0. The quantitative estimate of drug-likeness (QED) is 0.00715. The van der Waals surface area contributed by atoms with Crippen LogP contribution in [0.2, 0.25) is 0 Å². The van der Waals surface area contributed by atoms with Crippen molar-refractivity contribution in [3.8, 4) is 23.7 Å². The molecule has 4 aromatic rings. The highest BCUT2D eigenvalue weighted by atomic mass is 35.5. The normalized spacial score (nSPS) is 12.6. The van der Waals surface area contributed by atoms with Crippen molar-refractivity contribution in [3.63, 3.8) is 0 Å². The lowest BCUT2D eigenvalue weighted by atomic mass is 10.0. The molecular formula is C72H96Cl2N12O8. The first kappa shape index (κ1) is 77.7. The van der Waals surface area contributed by atoms with Crippen LogP contribution in [0, 0.1) is 23.7 Å². The van der Waals surface area contributed by atoms with Crippen molar-refractivity contribution < 1.29 is 38.4 Å². The summed E-state index contributed by atoms with van der Waals surface area (Å²) in [6.45, 7) is 0.508. The molecule has 0 spiro atoms. The summed E-state index contributed by atoms with van der Waals surface area (Å²) in [5.41, 5.74) is 25.0. The SMILES string of the molecule is NC(N)=NCCC[C@H](NC(=O)[C@H](Cc1ccccc1)NC(=O)[C@H](Cc1ccccc1)NC(=O)CCCCCCCCC#CC#CCCCCCCCCC(=O)N[C@@H](Cc1ccccc1)C(=O)N[C@@H](Cc1ccccc1)C(=O)N[C@@H](CCCN=C(N)N)C(=O)CCl)C(=O)CCl. The molecule has 0 aliphatic rings. The van der Waals surface area contributed by atoms with Gasteiger partial charge in [0.2, 0.25) is 35.4 Å². The predicted molar refractivity (Wildman–Crippen MR) is 373 cm³/mol. The van der Waals surface area contributed by atoms with Gasteiger partial charge >= 0.3 is 0 Å². The fourth-order valence-corrected chi connectivity index (χ4v) is 10.7. The Labute approximate surface area is 564 Å². The zero-order chi connectivity index (χ0) is 68.0. The number of rotatable bonds is 46. The van der Waals surface area contributed by atoms with E-state index in [0.29, 0.717) is 25.7 Å². The number of hydrogen-bond donors (Lipinski definition) is 10. The molecule has 4 aromatic carbocycles. The molecule has 94 heavy (non-hydrogen) atoms. The maximum absolute atomic E-state index is 14.1. The third kappa shape index (κ3) is 34.3. The summed E-state index contributed by atoms with van der Waals surface area (Å²) in [5.74, 6) is 7.95. The number of nitrogens with zero attached hydrogens (tertiary/aromatic N) is 2. The maximum atomic E-state index is 14.1. The molecule has 14 N–H and O–H groups in total. The van der Waals surface area contributed by atoms with Gasteiger partial charge in [-0.2, -0.15) is 0 Å². The van der Waals surface area contributed by atoms with Crippen LogP contribution >= 0.6 is 23.2 Å². The number of carbonyl (C=O) groups is 8. The summed E-state index contributed by atoms with van der Waals surface area (Å²) in [6.07, 6.45) is 14.7. The van der Waals surface area contributed by atoms with E-state index in [2.05, 4.69) is 65.6 Å². The van der Waals surface area contributed by atoms with Crippen LogP contribution < -0.4 is 54.8 Å². The monoisotopic (exact) mass is 1330 g/mol. The van der Waals surface area contributed by atoms with Crippen LogP contribution in [0.1, 0.15) is 151 Å². The molecule has 0 heterocycles. The van der Waals surface area contributed by atoms with Gasteiger partial charge in [-0.1, -0.05) is 185 Å². The highest BCUT2D eigenvalue weighted by Crippen LogP contribution is 2.15. The number of nitrogens with two attached hydrogens (primary N) is 4. The lowest BCUT2D eigenvalue weighted by Crippen LogP contribution is -2.57. The number of ketones is 2. The molecule has 6 atom stereocenters. The van der Waals surface area contributed by atoms with Crippen molar-refractivity contribution >= 4 is 82.1 Å². The van der Waals surface area contributed by atoms with Gasteiger partial charge in [0.25, 0.3) is 0 Å². The Bertz CT molecular complexity index is 2920. The van der Waals surface area contributed by atoms with Gasteiger partial charge < -0.3 is 54.8 Å². The first-order valence-electron chi connectivity index (χ1n) is 32.7. The first-order chi connectivity index (χ1) is 45.5. The molecule has 506 valence electrons. The summed E-state index contributed by atoms with van der Waals surface area (Å²) in [4.78, 5) is 116. The van der Waals surface area contributed by atoms with Crippen molar-refractivity contribution in [2.24, 2.45) is 32.9 Å². The van der Waals surface area contributed by atoms with Gasteiger partial charge in [0.1, 0.15) is 24.2 Å². The molecule has 0 radical (unpaired) electrons. The minimum atomic E-state index is -1.08. The van der Waals surface area contributed by atoms with Crippen LogP contribution in [-0.4, -0.2) is 120 Å². The second-order valence-electron chi connectivity index (χ2n) is 23.2. The van der Waals surface area contributed by atoms with E-state index in [1.165, 1.54) is 0 Å².